The number of likely N-dealkylation sites (N-methyl/N-ethyl adjacent to an activating group) is 2. The van der Waals surface area contributed by atoms with Crippen molar-refractivity contribution < 1.29 is 4.68 Å². The Balaban J connectivity index is 1.91. The zero-order valence-corrected chi connectivity index (χ0v) is 12.5. The quantitative estimate of drug-likeness (QED) is 0.693. The van der Waals surface area contributed by atoms with Gasteiger partial charge in [-0.15, -0.1) is 4.68 Å². The lowest BCUT2D eigenvalue weighted by Gasteiger charge is -2.37. The summed E-state index contributed by atoms with van der Waals surface area (Å²) in [5, 5.41) is 8.45. The number of nitrogens with one attached hydrogen (secondary N) is 1. The van der Waals surface area contributed by atoms with Crippen LogP contribution in [-0.4, -0.2) is 31.2 Å². The molecular weight excluding hydrogens is 264 g/mol. The molecule has 2 aromatic rings. The molecule has 1 N–H and O–H groups in total. The van der Waals surface area contributed by atoms with Crippen LogP contribution in [-0.2, 0) is 0 Å². The number of nitrogens with zero attached hydrogens (tertiary/aromatic N) is 5. The molecule has 0 saturated heterocycles. The van der Waals surface area contributed by atoms with E-state index < -0.39 is 0 Å². The van der Waals surface area contributed by atoms with Crippen molar-refractivity contribution in [3.05, 3.63) is 36.9 Å². The number of hydrogen-bond acceptors (Lipinski definition) is 4. The number of rotatable bonds is 4. The van der Waals surface area contributed by atoms with E-state index in [1.165, 1.54) is 11.4 Å². The van der Waals surface area contributed by atoms with Crippen LogP contribution in [0.15, 0.2) is 47.3 Å². The van der Waals surface area contributed by atoms with Gasteiger partial charge in [-0.1, -0.05) is 0 Å². The molecule has 1 aromatic heterocycles. The molecule has 0 fully saturated rings. The third-order valence-electron chi connectivity index (χ3n) is 3.84. The second kappa shape index (κ2) is 5.95. The molecule has 6 heteroatoms. The van der Waals surface area contributed by atoms with Crippen molar-refractivity contribution in [2.75, 3.05) is 36.0 Å². The number of benzene rings is 1. The SMILES string of the molecule is CCN1CCN(CC)c2cc(N=N[n+]3cc[nH]c3)ccc21. The van der Waals surface area contributed by atoms with Crippen molar-refractivity contribution in [2.45, 2.75) is 13.8 Å². The molecular formula is C15H21N6+. The maximum absolute atomic E-state index is 4.30. The summed E-state index contributed by atoms with van der Waals surface area (Å²) in [7, 11) is 0. The topological polar surface area (TPSA) is 50.9 Å². The number of H-pyrrole nitrogens is 1. The fourth-order valence-corrected chi connectivity index (χ4v) is 2.67. The summed E-state index contributed by atoms with van der Waals surface area (Å²) in [4.78, 5) is 7.74. The van der Waals surface area contributed by atoms with Crippen molar-refractivity contribution >= 4 is 17.1 Å². The van der Waals surface area contributed by atoms with E-state index in [1.807, 2.05) is 18.5 Å². The predicted octanol–water partition coefficient (Wildman–Crippen LogP) is 2.52. The monoisotopic (exact) mass is 285 g/mol. The molecule has 0 saturated carbocycles. The Labute approximate surface area is 124 Å². The summed E-state index contributed by atoms with van der Waals surface area (Å²) < 4.78 is 1.65. The van der Waals surface area contributed by atoms with Gasteiger partial charge in [0.05, 0.1) is 22.8 Å². The first-order chi connectivity index (χ1) is 10.3. The first-order valence-electron chi connectivity index (χ1n) is 7.42. The Morgan fingerprint density at radius 2 is 1.90 bits per heavy atom. The third-order valence-corrected chi connectivity index (χ3v) is 3.84. The van der Waals surface area contributed by atoms with Gasteiger partial charge in [-0.2, -0.15) is 0 Å². The van der Waals surface area contributed by atoms with Gasteiger partial charge < -0.3 is 9.80 Å². The van der Waals surface area contributed by atoms with Gasteiger partial charge in [0.2, 0.25) is 6.33 Å². The molecule has 0 radical (unpaired) electrons. The minimum atomic E-state index is 0.874. The molecule has 0 aliphatic carbocycles. The van der Waals surface area contributed by atoms with E-state index in [-0.39, 0.29) is 0 Å². The fourth-order valence-electron chi connectivity index (χ4n) is 2.67. The molecule has 0 unspecified atom stereocenters. The maximum atomic E-state index is 4.30. The van der Waals surface area contributed by atoms with Gasteiger partial charge in [-0.05, 0) is 26.0 Å². The summed E-state index contributed by atoms with van der Waals surface area (Å²) in [5.41, 5.74) is 3.42. The van der Waals surface area contributed by atoms with Gasteiger partial charge in [0, 0.05) is 37.4 Å². The van der Waals surface area contributed by atoms with E-state index in [2.05, 4.69) is 51.1 Å². The highest BCUT2D eigenvalue weighted by Crippen LogP contribution is 2.35. The van der Waals surface area contributed by atoms with Crippen LogP contribution in [0.3, 0.4) is 0 Å². The van der Waals surface area contributed by atoms with Crippen LogP contribution in [0.1, 0.15) is 13.8 Å². The van der Waals surface area contributed by atoms with E-state index in [9.17, 15) is 0 Å². The average Bonchev–Trinajstić information content (AvgIpc) is 3.05. The molecule has 1 aliphatic heterocycles. The largest absolute Gasteiger partial charge is 0.368 e. The zero-order chi connectivity index (χ0) is 14.7. The standard InChI is InChI=1S/C15H20N6/c1-3-19-9-10-20(4-2)15-11-13(5-6-14(15)19)17-18-21-8-7-16-12-21/h5-8,11-12H,3-4,9-10H2,1-2H3/p+1. The van der Waals surface area contributed by atoms with Gasteiger partial charge in [0.25, 0.3) is 0 Å². The van der Waals surface area contributed by atoms with Gasteiger partial charge in [-0.3, -0.25) is 4.98 Å². The van der Waals surface area contributed by atoms with Crippen molar-refractivity contribution in [1.82, 2.24) is 4.98 Å². The van der Waals surface area contributed by atoms with Crippen LogP contribution < -0.4 is 14.5 Å². The van der Waals surface area contributed by atoms with E-state index in [0.29, 0.717) is 0 Å². The van der Waals surface area contributed by atoms with Crippen LogP contribution in [0.2, 0.25) is 0 Å². The van der Waals surface area contributed by atoms with E-state index in [4.69, 9.17) is 0 Å². The first kappa shape index (κ1) is 13.6. The number of aromatic nitrogens is 2. The number of imidazole rings is 1. The van der Waals surface area contributed by atoms with Crippen LogP contribution in [0.4, 0.5) is 17.1 Å². The van der Waals surface area contributed by atoms with Crippen LogP contribution in [0.25, 0.3) is 0 Å². The highest BCUT2D eigenvalue weighted by atomic mass is 15.5. The van der Waals surface area contributed by atoms with Gasteiger partial charge >= 0.3 is 0 Å². The van der Waals surface area contributed by atoms with Crippen molar-refractivity contribution in [3.8, 4) is 0 Å². The van der Waals surface area contributed by atoms with E-state index in [0.717, 1.165) is 31.9 Å². The molecule has 3 rings (SSSR count). The molecule has 0 amide bonds. The number of aromatic amines is 1. The Hall–Kier alpha value is -2.37. The second-order valence-electron chi connectivity index (χ2n) is 5.01. The number of anilines is 2. The Kier molecular flexibility index (Phi) is 3.85. The summed E-state index contributed by atoms with van der Waals surface area (Å²) in [5.74, 6) is 0. The van der Waals surface area contributed by atoms with Crippen molar-refractivity contribution in [3.63, 3.8) is 0 Å². The molecule has 1 aliphatic rings. The highest BCUT2D eigenvalue weighted by Gasteiger charge is 2.21. The lowest BCUT2D eigenvalue weighted by atomic mass is 10.1. The lowest BCUT2D eigenvalue weighted by Crippen LogP contribution is -2.40. The van der Waals surface area contributed by atoms with E-state index >= 15 is 0 Å². The lowest BCUT2D eigenvalue weighted by molar-refractivity contribution is -0.684. The summed E-state index contributed by atoms with van der Waals surface area (Å²) in [6.07, 6.45) is 5.38. The molecule has 0 spiro atoms. The van der Waals surface area contributed by atoms with Gasteiger partial charge in [-0.25, -0.2) is 0 Å². The first-order valence-corrected chi connectivity index (χ1v) is 7.42. The number of hydrogen-bond donors (Lipinski definition) is 1. The maximum Gasteiger partial charge on any atom is 0.213 e. The molecule has 1 aromatic carbocycles. The second-order valence-corrected chi connectivity index (χ2v) is 5.01. The molecule has 2 heterocycles. The molecule has 0 atom stereocenters. The average molecular weight is 285 g/mol. The van der Waals surface area contributed by atoms with Crippen LogP contribution in [0, 0.1) is 0 Å². The normalized spacial score (nSPS) is 14.8. The fraction of sp³-hybridized carbons (Fsp3) is 0.400. The van der Waals surface area contributed by atoms with Crippen molar-refractivity contribution in [1.29, 1.82) is 0 Å². The minimum absolute atomic E-state index is 0.874. The summed E-state index contributed by atoms with van der Waals surface area (Å²) >= 11 is 0. The molecule has 110 valence electrons. The summed E-state index contributed by atoms with van der Waals surface area (Å²) in [6.45, 7) is 8.57. The predicted molar refractivity (Wildman–Crippen MR) is 83.1 cm³/mol. The Morgan fingerprint density at radius 1 is 1.14 bits per heavy atom. The summed E-state index contributed by atoms with van der Waals surface area (Å²) in [6, 6.07) is 6.30. The smallest absolute Gasteiger partial charge is 0.213 e. The zero-order valence-electron chi connectivity index (χ0n) is 12.5. The Bertz CT molecular complexity index is 619. The third kappa shape index (κ3) is 2.74. The van der Waals surface area contributed by atoms with Crippen LogP contribution >= 0.6 is 0 Å². The number of fused-ring (bicyclic) bond motifs is 1. The molecule has 6 nitrogen and oxygen atoms in total. The van der Waals surface area contributed by atoms with Gasteiger partial charge in [0.15, 0.2) is 5.69 Å². The van der Waals surface area contributed by atoms with E-state index in [1.54, 1.807) is 11.0 Å². The molecule has 0 bridgehead atoms. The molecule has 21 heavy (non-hydrogen) atoms. The van der Waals surface area contributed by atoms with Gasteiger partial charge in [0.1, 0.15) is 6.20 Å². The highest BCUT2D eigenvalue weighted by molar-refractivity contribution is 5.76. The minimum Gasteiger partial charge on any atom is -0.368 e. The van der Waals surface area contributed by atoms with Crippen LogP contribution in [0.5, 0.6) is 0 Å². The van der Waals surface area contributed by atoms with Crippen molar-refractivity contribution in [2.24, 2.45) is 10.3 Å². The Morgan fingerprint density at radius 3 is 2.57 bits per heavy atom.